The van der Waals surface area contributed by atoms with Crippen LogP contribution < -0.4 is 10.1 Å². The number of para-hydroxylation sites is 1. The molecule has 3 aromatic carbocycles. The average Bonchev–Trinajstić information content (AvgIpc) is 3.10. The molecular weight excluding hydrogens is 360 g/mol. The molecule has 0 saturated heterocycles. The van der Waals surface area contributed by atoms with E-state index in [4.69, 9.17) is 4.74 Å². The van der Waals surface area contributed by atoms with E-state index in [1.807, 2.05) is 30.3 Å². The number of rotatable bonds is 5. The van der Waals surface area contributed by atoms with Crippen molar-refractivity contribution in [3.05, 3.63) is 71.0 Å². The van der Waals surface area contributed by atoms with Gasteiger partial charge in [0.25, 0.3) is 5.69 Å². The molecule has 4 rings (SSSR count). The summed E-state index contributed by atoms with van der Waals surface area (Å²) < 4.78 is 6.89. The molecule has 0 radical (unpaired) electrons. The van der Waals surface area contributed by atoms with Crippen LogP contribution in [0.5, 0.6) is 5.75 Å². The SMILES string of the molecule is COc1cc(NC(=O)Cn2cnc3cccc([N+](=O)[O-])c32)cc2ccccc12. The van der Waals surface area contributed by atoms with Crippen LogP contribution >= 0.6 is 0 Å². The van der Waals surface area contributed by atoms with E-state index < -0.39 is 4.92 Å². The van der Waals surface area contributed by atoms with Crippen molar-refractivity contribution in [2.75, 3.05) is 12.4 Å². The van der Waals surface area contributed by atoms with E-state index in [1.54, 1.807) is 25.3 Å². The molecule has 0 spiro atoms. The summed E-state index contributed by atoms with van der Waals surface area (Å²) in [6, 6.07) is 15.9. The maximum absolute atomic E-state index is 12.6. The van der Waals surface area contributed by atoms with Gasteiger partial charge >= 0.3 is 0 Å². The van der Waals surface area contributed by atoms with Crippen molar-refractivity contribution in [2.45, 2.75) is 6.54 Å². The molecule has 8 nitrogen and oxygen atoms in total. The normalized spacial score (nSPS) is 10.9. The first kappa shape index (κ1) is 17.5. The number of non-ortho nitro benzene ring substituents is 1. The van der Waals surface area contributed by atoms with E-state index in [1.165, 1.54) is 17.0 Å². The first-order chi connectivity index (χ1) is 13.6. The molecule has 0 aliphatic heterocycles. The second-order valence-electron chi connectivity index (χ2n) is 6.22. The lowest BCUT2D eigenvalue weighted by molar-refractivity contribution is -0.383. The van der Waals surface area contributed by atoms with Crippen LogP contribution in [0.25, 0.3) is 21.8 Å². The van der Waals surface area contributed by atoms with E-state index >= 15 is 0 Å². The summed E-state index contributed by atoms with van der Waals surface area (Å²) in [6.45, 7) is -0.101. The molecule has 8 heteroatoms. The minimum absolute atomic E-state index is 0.0878. The molecule has 1 N–H and O–H groups in total. The number of anilines is 1. The molecule has 0 unspecified atom stereocenters. The Bertz CT molecular complexity index is 1220. The molecule has 0 fully saturated rings. The van der Waals surface area contributed by atoms with Gasteiger partial charge in [-0.2, -0.15) is 0 Å². The molecule has 0 bridgehead atoms. The highest BCUT2D eigenvalue weighted by Gasteiger charge is 2.18. The third kappa shape index (κ3) is 3.11. The Kier molecular flexibility index (Phi) is 4.36. The largest absolute Gasteiger partial charge is 0.496 e. The number of hydrogen-bond donors (Lipinski definition) is 1. The minimum Gasteiger partial charge on any atom is -0.496 e. The Balaban J connectivity index is 1.63. The zero-order chi connectivity index (χ0) is 19.7. The third-order valence-electron chi connectivity index (χ3n) is 4.46. The number of nitro benzene ring substituents is 1. The van der Waals surface area contributed by atoms with Crippen molar-refractivity contribution in [3.8, 4) is 5.75 Å². The van der Waals surface area contributed by atoms with Gasteiger partial charge in [-0.25, -0.2) is 4.98 Å². The minimum atomic E-state index is -0.480. The average molecular weight is 376 g/mol. The molecule has 0 atom stereocenters. The van der Waals surface area contributed by atoms with Crippen molar-refractivity contribution >= 4 is 39.1 Å². The summed E-state index contributed by atoms with van der Waals surface area (Å²) in [6.07, 6.45) is 1.43. The highest BCUT2D eigenvalue weighted by molar-refractivity contribution is 5.97. The number of benzene rings is 3. The number of ether oxygens (including phenoxy) is 1. The molecule has 1 aromatic heterocycles. The van der Waals surface area contributed by atoms with Crippen LogP contribution in [0.3, 0.4) is 0 Å². The Morgan fingerprint density at radius 2 is 2.04 bits per heavy atom. The van der Waals surface area contributed by atoms with Gasteiger partial charge in [-0.15, -0.1) is 0 Å². The van der Waals surface area contributed by atoms with Crippen molar-refractivity contribution in [1.82, 2.24) is 9.55 Å². The number of nitro groups is 1. The summed E-state index contributed by atoms with van der Waals surface area (Å²) in [5.41, 5.74) is 1.28. The van der Waals surface area contributed by atoms with Crippen LogP contribution in [-0.2, 0) is 11.3 Å². The van der Waals surface area contributed by atoms with E-state index in [0.717, 1.165) is 10.8 Å². The third-order valence-corrected chi connectivity index (χ3v) is 4.46. The van der Waals surface area contributed by atoms with Crippen LogP contribution in [0.1, 0.15) is 0 Å². The number of carbonyl (C=O) groups excluding carboxylic acids is 1. The number of fused-ring (bicyclic) bond motifs is 2. The van der Waals surface area contributed by atoms with Gasteiger partial charge in [0.15, 0.2) is 0 Å². The van der Waals surface area contributed by atoms with Crippen molar-refractivity contribution < 1.29 is 14.5 Å². The Labute approximate surface area is 159 Å². The van der Waals surface area contributed by atoms with Crippen LogP contribution in [0.15, 0.2) is 60.9 Å². The van der Waals surface area contributed by atoms with Gasteiger partial charge in [0.2, 0.25) is 5.91 Å². The lowest BCUT2D eigenvalue weighted by Gasteiger charge is -2.11. The Hall–Kier alpha value is -3.94. The summed E-state index contributed by atoms with van der Waals surface area (Å²) in [7, 11) is 1.57. The number of hydrogen-bond acceptors (Lipinski definition) is 5. The number of aromatic nitrogens is 2. The zero-order valence-electron chi connectivity index (χ0n) is 15.0. The predicted molar refractivity (Wildman–Crippen MR) is 106 cm³/mol. The molecule has 0 aliphatic carbocycles. The summed E-state index contributed by atoms with van der Waals surface area (Å²) >= 11 is 0. The lowest BCUT2D eigenvalue weighted by atomic mass is 10.1. The quantitative estimate of drug-likeness (QED) is 0.422. The number of nitrogens with one attached hydrogen (secondary N) is 1. The number of carbonyl (C=O) groups is 1. The molecule has 140 valence electrons. The number of imidazole rings is 1. The van der Waals surface area contributed by atoms with Crippen LogP contribution in [0, 0.1) is 10.1 Å². The molecule has 0 aliphatic rings. The Morgan fingerprint density at radius 3 is 2.82 bits per heavy atom. The van der Waals surface area contributed by atoms with Crippen molar-refractivity contribution in [3.63, 3.8) is 0 Å². The van der Waals surface area contributed by atoms with E-state index in [-0.39, 0.29) is 18.1 Å². The molecular formula is C20H16N4O4. The van der Waals surface area contributed by atoms with E-state index in [9.17, 15) is 14.9 Å². The van der Waals surface area contributed by atoms with Gasteiger partial charge in [0, 0.05) is 23.2 Å². The van der Waals surface area contributed by atoms with E-state index in [2.05, 4.69) is 10.3 Å². The van der Waals surface area contributed by atoms with Crippen LogP contribution in [0.2, 0.25) is 0 Å². The molecule has 1 amide bonds. The second kappa shape index (κ2) is 6.99. The fraction of sp³-hybridized carbons (Fsp3) is 0.100. The fourth-order valence-electron chi connectivity index (χ4n) is 3.25. The molecule has 4 aromatic rings. The zero-order valence-corrected chi connectivity index (χ0v) is 15.0. The Morgan fingerprint density at radius 1 is 1.21 bits per heavy atom. The molecule has 1 heterocycles. The maximum Gasteiger partial charge on any atom is 0.295 e. The van der Waals surface area contributed by atoms with Gasteiger partial charge in [-0.3, -0.25) is 14.9 Å². The fourth-order valence-corrected chi connectivity index (χ4v) is 3.25. The van der Waals surface area contributed by atoms with Crippen LogP contribution in [0.4, 0.5) is 11.4 Å². The molecule has 0 saturated carbocycles. The summed E-state index contributed by atoms with van der Waals surface area (Å²) in [4.78, 5) is 27.5. The monoisotopic (exact) mass is 376 g/mol. The number of nitrogens with zero attached hydrogens (tertiary/aromatic N) is 3. The lowest BCUT2D eigenvalue weighted by Crippen LogP contribution is -2.18. The summed E-state index contributed by atoms with van der Waals surface area (Å²) in [5, 5.41) is 16.0. The molecule has 28 heavy (non-hydrogen) atoms. The highest BCUT2D eigenvalue weighted by atomic mass is 16.6. The topological polar surface area (TPSA) is 99.3 Å². The van der Waals surface area contributed by atoms with Crippen molar-refractivity contribution in [2.24, 2.45) is 0 Å². The number of methoxy groups -OCH3 is 1. The number of amides is 1. The van der Waals surface area contributed by atoms with Crippen LogP contribution in [-0.4, -0.2) is 27.5 Å². The van der Waals surface area contributed by atoms with Gasteiger partial charge in [-0.1, -0.05) is 30.3 Å². The van der Waals surface area contributed by atoms with Gasteiger partial charge < -0.3 is 14.6 Å². The van der Waals surface area contributed by atoms with Gasteiger partial charge in [0.05, 0.1) is 23.9 Å². The first-order valence-corrected chi connectivity index (χ1v) is 8.51. The highest BCUT2D eigenvalue weighted by Crippen LogP contribution is 2.30. The second-order valence-corrected chi connectivity index (χ2v) is 6.22. The van der Waals surface area contributed by atoms with Gasteiger partial charge in [0.1, 0.15) is 17.8 Å². The predicted octanol–water partition coefficient (Wildman–Crippen LogP) is 3.75. The standard InChI is InChI=1S/C20H16N4O4/c1-28-18-10-14(9-13-5-2-3-6-15(13)18)22-19(25)11-23-12-21-16-7-4-8-17(20(16)23)24(26)27/h2-10,12H,11H2,1H3,(H,22,25). The van der Waals surface area contributed by atoms with Gasteiger partial charge in [-0.05, 0) is 17.5 Å². The summed E-state index contributed by atoms with van der Waals surface area (Å²) in [5.74, 6) is 0.326. The van der Waals surface area contributed by atoms with E-state index in [0.29, 0.717) is 22.5 Å². The van der Waals surface area contributed by atoms with Crippen molar-refractivity contribution in [1.29, 1.82) is 0 Å². The maximum atomic E-state index is 12.6. The first-order valence-electron chi connectivity index (χ1n) is 8.51. The smallest absolute Gasteiger partial charge is 0.295 e.